The molecule has 22 heavy (non-hydrogen) atoms. The fourth-order valence-electron chi connectivity index (χ4n) is 2.86. The van der Waals surface area contributed by atoms with Gasteiger partial charge in [-0.3, -0.25) is 4.79 Å². The Bertz CT molecular complexity index is 454. The van der Waals surface area contributed by atoms with E-state index in [1.807, 2.05) is 0 Å². The Morgan fingerprint density at radius 2 is 1.86 bits per heavy atom. The summed E-state index contributed by atoms with van der Waals surface area (Å²) in [6, 6.07) is 5.26. The number of rotatable bonds is 8. The minimum atomic E-state index is 0.602. The van der Waals surface area contributed by atoms with Crippen molar-refractivity contribution in [3.8, 4) is 11.5 Å². The Hall–Kier alpha value is -1.55. The van der Waals surface area contributed by atoms with Crippen LogP contribution in [-0.2, 0) is 0 Å². The van der Waals surface area contributed by atoms with Gasteiger partial charge in [-0.1, -0.05) is 12.8 Å². The number of aldehydes is 1. The van der Waals surface area contributed by atoms with E-state index in [-0.39, 0.29) is 0 Å². The second-order valence-corrected chi connectivity index (χ2v) is 5.84. The van der Waals surface area contributed by atoms with Crippen LogP contribution in [0.5, 0.6) is 11.5 Å². The lowest BCUT2D eigenvalue weighted by atomic mass is 10.2. The first-order valence-electron chi connectivity index (χ1n) is 8.32. The third-order valence-corrected chi connectivity index (χ3v) is 4.15. The lowest BCUT2D eigenvalue weighted by Gasteiger charge is -2.19. The van der Waals surface area contributed by atoms with E-state index in [2.05, 4.69) is 4.90 Å². The molecule has 1 aliphatic heterocycles. The molecule has 122 valence electrons. The Labute approximate surface area is 133 Å². The maximum atomic E-state index is 10.8. The molecule has 0 saturated carbocycles. The Morgan fingerprint density at radius 1 is 1.09 bits per heavy atom. The number of ether oxygens (including phenoxy) is 2. The van der Waals surface area contributed by atoms with Gasteiger partial charge in [0, 0.05) is 5.56 Å². The summed E-state index contributed by atoms with van der Waals surface area (Å²) in [5.74, 6) is 1.33. The van der Waals surface area contributed by atoms with Crippen LogP contribution in [0.1, 0.15) is 48.9 Å². The molecule has 0 atom stereocenters. The van der Waals surface area contributed by atoms with E-state index < -0.39 is 0 Å². The second-order valence-electron chi connectivity index (χ2n) is 5.84. The van der Waals surface area contributed by atoms with Gasteiger partial charge in [-0.05, 0) is 63.5 Å². The van der Waals surface area contributed by atoms with Crippen molar-refractivity contribution in [2.45, 2.75) is 38.5 Å². The molecule has 0 N–H and O–H groups in total. The highest BCUT2D eigenvalue weighted by Gasteiger charge is 2.09. The number of unbranched alkanes of at least 4 members (excludes halogenated alkanes) is 1. The van der Waals surface area contributed by atoms with Crippen LogP contribution < -0.4 is 9.47 Å². The molecule has 0 aliphatic carbocycles. The highest BCUT2D eigenvalue weighted by Crippen LogP contribution is 2.27. The molecular formula is C18H27NO3. The third-order valence-electron chi connectivity index (χ3n) is 4.15. The van der Waals surface area contributed by atoms with E-state index in [0.717, 1.165) is 19.1 Å². The number of carbonyl (C=O) groups is 1. The maximum absolute atomic E-state index is 10.8. The van der Waals surface area contributed by atoms with Crippen molar-refractivity contribution in [1.82, 2.24) is 4.90 Å². The number of benzene rings is 1. The molecule has 0 aromatic heterocycles. The van der Waals surface area contributed by atoms with Crippen molar-refractivity contribution in [3.05, 3.63) is 23.8 Å². The minimum absolute atomic E-state index is 0.602. The molecule has 1 aliphatic rings. The molecule has 1 heterocycles. The zero-order valence-corrected chi connectivity index (χ0v) is 13.6. The summed E-state index contributed by atoms with van der Waals surface area (Å²) in [6.07, 6.45) is 8.47. The molecule has 0 unspecified atom stereocenters. The van der Waals surface area contributed by atoms with Crippen molar-refractivity contribution >= 4 is 6.29 Å². The third kappa shape index (κ3) is 5.34. The summed E-state index contributed by atoms with van der Waals surface area (Å²) in [7, 11) is 1.59. The molecular weight excluding hydrogens is 278 g/mol. The predicted molar refractivity (Wildman–Crippen MR) is 88.0 cm³/mol. The van der Waals surface area contributed by atoms with Crippen molar-refractivity contribution in [3.63, 3.8) is 0 Å². The summed E-state index contributed by atoms with van der Waals surface area (Å²) < 4.78 is 11.0. The molecule has 4 nitrogen and oxygen atoms in total. The van der Waals surface area contributed by atoms with Gasteiger partial charge in [-0.2, -0.15) is 0 Å². The molecule has 2 rings (SSSR count). The van der Waals surface area contributed by atoms with Gasteiger partial charge in [0.1, 0.15) is 6.29 Å². The number of nitrogens with zero attached hydrogens (tertiary/aromatic N) is 1. The lowest BCUT2D eigenvalue weighted by Crippen LogP contribution is -2.25. The highest BCUT2D eigenvalue weighted by molar-refractivity contribution is 5.76. The van der Waals surface area contributed by atoms with Gasteiger partial charge < -0.3 is 14.4 Å². The van der Waals surface area contributed by atoms with Gasteiger partial charge in [0.2, 0.25) is 0 Å². The normalized spacial score (nSPS) is 16.0. The maximum Gasteiger partial charge on any atom is 0.161 e. The fourth-order valence-corrected chi connectivity index (χ4v) is 2.86. The predicted octanol–water partition coefficient (Wildman–Crippen LogP) is 3.54. The Morgan fingerprint density at radius 3 is 2.55 bits per heavy atom. The molecule has 1 aromatic carbocycles. The van der Waals surface area contributed by atoms with Crippen LogP contribution in [0.2, 0.25) is 0 Å². The average molecular weight is 305 g/mol. The van der Waals surface area contributed by atoms with Gasteiger partial charge in [0.05, 0.1) is 13.7 Å². The van der Waals surface area contributed by atoms with Crippen molar-refractivity contribution in [2.75, 3.05) is 33.4 Å². The van der Waals surface area contributed by atoms with Gasteiger partial charge >= 0.3 is 0 Å². The van der Waals surface area contributed by atoms with Gasteiger partial charge in [-0.15, -0.1) is 0 Å². The van der Waals surface area contributed by atoms with Crippen molar-refractivity contribution in [1.29, 1.82) is 0 Å². The van der Waals surface area contributed by atoms with Crippen LogP contribution in [0.15, 0.2) is 18.2 Å². The van der Waals surface area contributed by atoms with E-state index >= 15 is 0 Å². The molecule has 1 aromatic rings. The highest BCUT2D eigenvalue weighted by atomic mass is 16.5. The van der Waals surface area contributed by atoms with Gasteiger partial charge in [0.25, 0.3) is 0 Å². The lowest BCUT2D eigenvalue weighted by molar-refractivity contribution is 0.112. The number of methoxy groups -OCH3 is 1. The molecule has 1 fully saturated rings. The van der Waals surface area contributed by atoms with E-state index in [1.54, 1.807) is 25.3 Å². The number of hydrogen-bond donors (Lipinski definition) is 0. The van der Waals surface area contributed by atoms with E-state index in [9.17, 15) is 4.79 Å². The summed E-state index contributed by atoms with van der Waals surface area (Å²) in [6.45, 7) is 4.36. The number of hydrogen-bond acceptors (Lipinski definition) is 4. The Balaban J connectivity index is 1.68. The average Bonchev–Trinajstić information content (AvgIpc) is 2.83. The van der Waals surface area contributed by atoms with Crippen LogP contribution in [-0.4, -0.2) is 44.5 Å². The van der Waals surface area contributed by atoms with E-state index in [1.165, 1.54) is 45.3 Å². The molecule has 0 spiro atoms. The quantitative estimate of drug-likeness (QED) is 0.544. The monoisotopic (exact) mass is 305 g/mol. The van der Waals surface area contributed by atoms with Crippen LogP contribution in [0, 0.1) is 0 Å². The topological polar surface area (TPSA) is 38.8 Å². The number of likely N-dealkylation sites (tertiary alicyclic amines) is 1. The first-order valence-corrected chi connectivity index (χ1v) is 8.32. The van der Waals surface area contributed by atoms with E-state index in [0.29, 0.717) is 23.7 Å². The molecule has 0 radical (unpaired) electrons. The summed E-state index contributed by atoms with van der Waals surface area (Å²) in [5.41, 5.74) is 0.602. The minimum Gasteiger partial charge on any atom is -0.493 e. The molecule has 0 amide bonds. The number of carbonyl (C=O) groups excluding carboxylic acids is 1. The van der Waals surface area contributed by atoms with E-state index in [4.69, 9.17) is 9.47 Å². The van der Waals surface area contributed by atoms with Crippen LogP contribution in [0.25, 0.3) is 0 Å². The zero-order chi connectivity index (χ0) is 15.6. The SMILES string of the molecule is COc1cc(C=O)ccc1OCCCCN1CCCCCC1. The van der Waals surface area contributed by atoms with Crippen molar-refractivity contribution < 1.29 is 14.3 Å². The summed E-state index contributed by atoms with van der Waals surface area (Å²) >= 11 is 0. The molecule has 1 saturated heterocycles. The van der Waals surface area contributed by atoms with Gasteiger partial charge in [-0.25, -0.2) is 0 Å². The smallest absolute Gasteiger partial charge is 0.161 e. The summed E-state index contributed by atoms with van der Waals surface area (Å²) in [4.78, 5) is 13.3. The van der Waals surface area contributed by atoms with Crippen molar-refractivity contribution in [2.24, 2.45) is 0 Å². The zero-order valence-electron chi connectivity index (χ0n) is 13.6. The second kappa shape index (κ2) is 9.46. The first kappa shape index (κ1) is 16.8. The largest absolute Gasteiger partial charge is 0.493 e. The standard InChI is InChI=1S/C18H27NO3/c1-21-18-14-16(15-20)8-9-17(18)22-13-7-6-12-19-10-4-2-3-5-11-19/h8-9,14-15H,2-7,10-13H2,1H3. The van der Waals surface area contributed by atoms with Crippen LogP contribution in [0.4, 0.5) is 0 Å². The van der Waals surface area contributed by atoms with Crippen LogP contribution >= 0.6 is 0 Å². The first-order chi connectivity index (χ1) is 10.8. The van der Waals surface area contributed by atoms with Crippen LogP contribution in [0.3, 0.4) is 0 Å². The molecule has 0 bridgehead atoms. The van der Waals surface area contributed by atoms with Gasteiger partial charge in [0.15, 0.2) is 11.5 Å². The Kier molecular flexibility index (Phi) is 7.23. The fraction of sp³-hybridized carbons (Fsp3) is 0.611. The molecule has 4 heteroatoms. The summed E-state index contributed by atoms with van der Waals surface area (Å²) in [5, 5.41) is 0.